The van der Waals surface area contributed by atoms with E-state index in [-0.39, 0.29) is 23.7 Å². The van der Waals surface area contributed by atoms with Crippen molar-refractivity contribution in [3.8, 4) is 0 Å². The lowest BCUT2D eigenvalue weighted by atomic mass is 9.88. The highest BCUT2D eigenvalue weighted by molar-refractivity contribution is 7.98. The van der Waals surface area contributed by atoms with Gasteiger partial charge < -0.3 is 14.7 Å². The van der Waals surface area contributed by atoms with Crippen LogP contribution >= 0.6 is 11.8 Å². The zero-order chi connectivity index (χ0) is 19.2. The number of benzene rings is 1. The molecule has 8 heteroatoms. The van der Waals surface area contributed by atoms with Crippen molar-refractivity contribution in [1.82, 2.24) is 20.4 Å². The van der Waals surface area contributed by atoms with E-state index in [2.05, 4.69) is 27.6 Å². The van der Waals surface area contributed by atoms with Crippen LogP contribution in [0.3, 0.4) is 0 Å². The van der Waals surface area contributed by atoms with Crippen LogP contribution in [0.15, 0.2) is 41.2 Å². The van der Waals surface area contributed by atoms with E-state index in [0.717, 1.165) is 11.3 Å². The third kappa shape index (κ3) is 4.68. The molecule has 2 amide bonds. The number of carbonyl (C=O) groups is 2. The Bertz CT molecular complexity index is 754. The highest BCUT2D eigenvalue weighted by atomic mass is 32.2. The van der Waals surface area contributed by atoms with Gasteiger partial charge in [-0.05, 0) is 24.0 Å². The van der Waals surface area contributed by atoms with Gasteiger partial charge in [0.15, 0.2) is 5.82 Å². The van der Waals surface area contributed by atoms with Gasteiger partial charge in [-0.2, -0.15) is 16.7 Å². The number of thioether (sulfide) groups is 1. The summed E-state index contributed by atoms with van der Waals surface area (Å²) in [4.78, 5) is 30.7. The van der Waals surface area contributed by atoms with Crippen molar-refractivity contribution >= 4 is 23.6 Å². The minimum atomic E-state index is -0.504. The van der Waals surface area contributed by atoms with Crippen LogP contribution in [-0.4, -0.2) is 58.0 Å². The molecule has 1 fully saturated rings. The first kappa shape index (κ1) is 19.4. The van der Waals surface area contributed by atoms with Crippen LogP contribution in [0.25, 0.3) is 0 Å². The third-order valence-corrected chi connectivity index (χ3v) is 5.50. The van der Waals surface area contributed by atoms with Gasteiger partial charge in [0.1, 0.15) is 6.04 Å². The number of hydrogen-bond donors (Lipinski definition) is 1. The molecule has 0 aliphatic carbocycles. The van der Waals surface area contributed by atoms with Gasteiger partial charge in [-0.15, -0.1) is 0 Å². The molecular weight excluding hydrogens is 364 g/mol. The molecule has 27 heavy (non-hydrogen) atoms. The number of nitrogens with one attached hydrogen (secondary N) is 1. The van der Waals surface area contributed by atoms with E-state index in [1.165, 1.54) is 13.3 Å². The van der Waals surface area contributed by atoms with Gasteiger partial charge in [0.05, 0.1) is 0 Å². The fraction of sp³-hybridized carbons (Fsp3) is 0.474. The second-order valence-corrected chi connectivity index (χ2v) is 7.68. The van der Waals surface area contributed by atoms with E-state index < -0.39 is 6.04 Å². The monoisotopic (exact) mass is 388 g/mol. The van der Waals surface area contributed by atoms with E-state index in [9.17, 15) is 9.59 Å². The molecule has 3 unspecified atom stereocenters. The lowest BCUT2D eigenvalue weighted by Gasteiger charge is -2.24. The summed E-state index contributed by atoms with van der Waals surface area (Å²) in [5.74, 6) is 1.23. The maximum Gasteiger partial charge on any atom is 0.245 e. The molecule has 144 valence electrons. The fourth-order valence-electron chi connectivity index (χ4n) is 3.58. The molecule has 0 saturated carbocycles. The molecule has 0 spiro atoms. The fourth-order valence-corrected chi connectivity index (χ4v) is 4.06. The predicted molar refractivity (Wildman–Crippen MR) is 103 cm³/mol. The molecule has 1 N–H and O–H groups in total. The molecule has 2 aromatic rings. The van der Waals surface area contributed by atoms with Gasteiger partial charge in [-0.1, -0.05) is 35.5 Å². The minimum absolute atomic E-state index is 0.0337. The number of carbonyl (C=O) groups excluding carboxylic acids is 2. The van der Waals surface area contributed by atoms with Crippen LogP contribution in [0.1, 0.15) is 36.6 Å². The van der Waals surface area contributed by atoms with Crippen LogP contribution < -0.4 is 5.32 Å². The quantitative estimate of drug-likeness (QED) is 0.781. The van der Waals surface area contributed by atoms with Crippen LogP contribution in [-0.2, 0) is 9.59 Å². The normalized spacial score (nSPS) is 20.4. The summed E-state index contributed by atoms with van der Waals surface area (Å²) >= 11 is 1.66. The Labute approximate surface area is 162 Å². The molecular formula is C19H24N4O3S. The Morgan fingerprint density at radius 3 is 2.67 bits per heavy atom. The summed E-state index contributed by atoms with van der Waals surface area (Å²) in [6.45, 7) is 2.52. The van der Waals surface area contributed by atoms with Gasteiger partial charge in [0.2, 0.25) is 18.2 Å². The van der Waals surface area contributed by atoms with E-state index in [4.69, 9.17) is 4.52 Å². The lowest BCUT2D eigenvalue weighted by Crippen LogP contribution is -2.47. The summed E-state index contributed by atoms with van der Waals surface area (Å²) < 4.78 is 4.94. The Kier molecular flexibility index (Phi) is 6.49. The summed E-state index contributed by atoms with van der Waals surface area (Å²) in [6.07, 6.45) is 3.92. The first-order chi connectivity index (χ1) is 13.1. The SMILES string of the molecule is CSCCC(NC(C)=O)C(=O)N1CC(c2ccccc2)C(c2ncon2)C1. The molecule has 0 bridgehead atoms. The number of rotatable bonds is 7. The summed E-state index contributed by atoms with van der Waals surface area (Å²) in [5, 5.41) is 6.82. The lowest BCUT2D eigenvalue weighted by molar-refractivity contribution is -0.135. The molecule has 1 saturated heterocycles. The average molecular weight is 388 g/mol. The highest BCUT2D eigenvalue weighted by Gasteiger charge is 2.41. The zero-order valence-electron chi connectivity index (χ0n) is 15.5. The molecule has 3 rings (SSSR count). The molecule has 3 atom stereocenters. The minimum Gasteiger partial charge on any atom is -0.345 e. The summed E-state index contributed by atoms with van der Waals surface area (Å²) in [5.41, 5.74) is 1.14. The molecule has 1 aliphatic heterocycles. The van der Waals surface area contributed by atoms with Gasteiger partial charge in [-0.3, -0.25) is 9.59 Å². The molecule has 2 heterocycles. The standard InChI is InChI=1S/C19H24N4O3S/c1-13(24)21-17(8-9-27-2)19(25)23-10-15(14-6-4-3-5-7-14)16(11-23)18-20-12-26-22-18/h3-7,12,15-17H,8-11H2,1-2H3,(H,21,24). The highest BCUT2D eigenvalue weighted by Crippen LogP contribution is 2.38. The van der Waals surface area contributed by atoms with Crippen molar-refractivity contribution in [2.24, 2.45) is 0 Å². The average Bonchev–Trinajstić information content (AvgIpc) is 3.34. The second kappa shape index (κ2) is 9.03. The molecule has 7 nitrogen and oxygen atoms in total. The van der Waals surface area contributed by atoms with Gasteiger partial charge in [-0.25, -0.2) is 0 Å². The van der Waals surface area contributed by atoms with Crippen LogP contribution in [0.5, 0.6) is 0 Å². The summed E-state index contributed by atoms with van der Waals surface area (Å²) in [7, 11) is 0. The molecule has 0 radical (unpaired) electrons. The first-order valence-electron chi connectivity index (χ1n) is 8.96. The zero-order valence-corrected chi connectivity index (χ0v) is 16.3. The van der Waals surface area contributed by atoms with Crippen LogP contribution in [0.2, 0.25) is 0 Å². The summed E-state index contributed by atoms with van der Waals surface area (Å²) in [6, 6.07) is 9.57. The first-order valence-corrected chi connectivity index (χ1v) is 10.4. The maximum absolute atomic E-state index is 13.1. The second-order valence-electron chi connectivity index (χ2n) is 6.69. The number of amides is 2. The van der Waals surface area contributed by atoms with Crippen LogP contribution in [0, 0.1) is 0 Å². The van der Waals surface area contributed by atoms with E-state index >= 15 is 0 Å². The largest absolute Gasteiger partial charge is 0.345 e. The Morgan fingerprint density at radius 1 is 1.30 bits per heavy atom. The number of nitrogens with zero attached hydrogens (tertiary/aromatic N) is 3. The maximum atomic E-state index is 13.1. The Morgan fingerprint density at radius 2 is 2.04 bits per heavy atom. The predicted octanol–water partition coefficient (Wildman–Crippen LogP) is 2.04. The van der Waals surface area contributed by atoms with E-state index in [1.54, 1.807) is 11.8 Å². The Hall–Kier alpha value is -2.35. The third-order valence-electron chi connectivity index (χ3n) is 4.86. The van der Waals surface area contributed by atoms with Crippen molar-refractivity contribution in [2.75, 3.05) is 25.1 Å². The van der Waals surface area contributed by atoms with Crippen molar-refractivity contribution in [2.45, 2.75) is 31.2 Å². The number of likely N-dealkylation sites (tertiary alicyclic amines) is 1. The van der Waals surface area contributed by atoms with Gasteiger partial charge in [0, 0.05) is 31.8 Å². The van der Waals surface area contributed by atoms with E-state index in [0.29, 0.717) is 25.3 Å². The van der Waals surface area contributed by atoms with Gasteiger partial charge >= 0.3 is 0 Å². The topological polar surface area (TPSA) is 88.3 Å². The van der Waals surface area contributed by atoms with Crippen molar-refractivity contribution in [1.29, 1.82) is 0 Å². The van der Waals surface area contributed by atoms with E-state index in [1.807, 2.05) is 29.4 Å². The molecule has 1 aromatic carbocycles. The van der Waals surface area contributed by atoms with Crippen molar-refractivity contribution in [3.05, 3.63) is 48.1 Å². The van der Waals surface area contributed by atoms with Crippen molar-refractivity contribution < 1.29 is 14.1 Å². The van der Waals surface area contributed by atoms with Crippen molar-refractivity contribution in [3.63, 3.8) is 0 Å². The number of hydrogen-bond acceptors (Lipinski definition) is 6. The van der Waals surface area contributed by atoms with Crippen LogP contribution in [0.4, 0.5) is 0 Å². The number of aromatic nitrogens is 2. The van der Waals surface area contributed by atoms with Gasteiger partial charge in [0.25, 0.3) is 0 Å². The molecule has 1 aliphatic rings. The smallest absolute Gasteiger partial charge is 0.245 e. The molecule has 1 aromatic heterocycles. The Balaban J connectivity index is 1.81.